The number of benzene rings is 1. The molecular weight excluding hydrogens is 346 g/mol. The van der Waals surface area contributed by atoms with Crippen molar-refractivity contribution < 1.29 is 4.79 Å². The molecule has 0 radical (unpaired) electrons. The van der Waals surface area contributed by atoms with Gasteiger partial charge in [-0.25, -0.2) is 0 Å². The molecule has 1 saturated carbocycles. The summed E-state index contributed by atoms with van der Waals surface area (Å²) < 4.78 is 2.24. The number of hydrogen-bond donors (Lipinski definition) is 1. The van der Waals surface area contributed by atoms with Crippen LogP contribution in [-0.2, 0) is 17.8 Å². The molecule has 2 aliphatic rings. The molecular formula is C21H28ClN3O. The number of rotatable bonds is 3. The van der Waals surface area contributed by atoms with Gasteiger partial charge in [0.25, 0.3) is 0 Å². The van der Waals surface area contributed by atoms with E-state index in [1.165, 1.54) is 35.9 Å². The minimum absolute atomic E-state index is 0.139. The SMILES string of the molecule is CC(C(=O)NC1CCCCC1)n1c2c(c3cc(Cl)ccc31)CCN(C)C2. The third-order valence-electron chi connectivity index (χ3n) is 6.06. The first-order chi connectivity index (χ1) is 12.5. The first kappa shape index (κ1) is 17.9. The Bertz CT molecular complexity index is 822. The van der Waals surface area contributed by atoms with E-state index in [0.29, 0.717) is 6.04 Å². The molecule has 140 valence electrons. The maximum absolute atomic E-state index is 13.0. The first-order valence-corrected chi connectivity index (χ1v) is 10.2. The molecule has 2 aromatic rings. The third-order valence-corrected chi connectivity index (χ3v) is 6.30. The van der Waals surface area contributed by atoms with Crippen molar-refractivity contribution in [3.63, 3.8) is 0 Å². The summed E-state index contributed by atoms with van der Waals surface area (Å²) in [6.07, 6.45) is 6.98. The van der Waals surface area contributed by atoms with Crippen LogP contribution in [0.5, 0.6) is 0 Å². The Labute approximate surface area is 160 Å². The van der Waals surface area contributed by atoms with Gasteiger partial charge in [-0.2, -0.15) is 0 Å². The summed E-state index contributed by atoms with van der Waals surface area (Å²) in [5.74, 6) is 0.139. The Morgan fingerprint density at radius 2 is 2.04 bits per heavy atom. The average Bonchev–Trinajstić information content (AvgIpc) is 2.94. The Morgan fingerprint density at radius 1 is 1.27 bits per heavy atom. The number of amides is 1. The van der Waals surface area contributed by atoms with Gasteiger partial charge in [-0.3, -0.25) is 4.79 Å². The fourth-order valence-electron chi connectivity index (χ4n) is 4.62. The Balaban J connectivity index is 1.70. The molecule has 26 heavy (non-hydrogen) atoms. The van der Waals surface area contributed by atoms with Crippen molar-refractivity contribution in [3.8, 4) is 0 Å². The highest BCUT2D eigenvalue weighted by molar-refractivity contribution is 6.31. The van der Waals surface area contributed by atoms with Gasteiger partial charge in [0, 0.05) is 40.8 Å². The summed E-state index contributed by atoms with van der Waals surface area (Å²) in [7, 11) is 2.14. The largest absolute Gasteiger partial charge is 0.352 e. The van der Waals surface area contributed by atoms with E-state index >= 15 is 0 Å². The van der Waals surface area contributed by atoms with Crippen LogP contribution in [0, 0.1) is 0 Å². The molecule has 1 aromatic carbocycles. The van der Waals surface area contributed by atoms with Gasteiger partial charge >= 0.3 is 0 Å². The Morgan fingerprint density at radius 3 is 2.81 bits per heavy atom. The zero-order chi connectivity index (χ0) is 18.3. The van der Waals surface area contributed by atoms with E-state index in [4.69, 9.17) is 11.6 Å². The van der Waals surface area contributed by atoms with Gasteiger partial charge in [-0.05, 0) is 57.0 Å². The van der Waals surface area contributed by atoms with Crippen LogP contribution in [0.1, 0.15) is 56.3 Å². The highest BCUT2D eigenvalue weighted by Gasteiger charge is 2.28. The van der Waals surface area contributed by atoms with Crippen LogP contribution in [0.4, 0.5) is 0 Å². The van der Waals surface area contributed by atoms with Crippen LogP contribution in [0.25, 0.3) is 10.9 Å². The lowest BCUT2D eigenvalue weighted by Crippen LogP contribution is -2.40. The summed E-state index contributed by atoms with van der Waals surface area (Å²) in [5, 5.41) is 5.27. The molecule has 1 aliphatic carbocycles. The summed E-state index contributed by atoms with van der Waals surface area (Å²) in [6.45, 7) is 3.95. The van der Waals surface area contributed by atoms with Crippen molar-refractivity contribution in [3.05, 3.63) is 34.5 Å². The second-order valence-corrected chi connectivity index (χ2v) is 8.40. The summed E-state index contributed by atoms with van der Waals surface area (Å²) in [4.78, 5) is 15.3. The van der Waals surface area contributed by atoms with Crippen LogP contribution in [0.3, 0.4) is 0 Å². The molecule has 1 fully saturated rings. The number of hydrogen-bond acceptors (Lipinski definition) is 2. The fourth-order valence-corrected chi connectivity index (χ4v) is 4.79. The number of aromatic nitrogens is 1. The second kappa shape index (κ2) is 7.24. The van der Waals surface area contributed by atoms with Crippen molar-refractivity contribution >= 4 is 28.4 Å². The summed E-state index contributed by atoms with van der Waals surface area (Å²) >= 11 is 6.27. The van der Waals surface area contributed by atoms with Gasteiger partial charge < -0.3 is 14.8 Å². The summed E-state index contributed by atoms with van der Waals surface area (Å²) in [6, 6.07) is 6.19. The van der Waals surface area contributed by atoms with E-state index in [9.17, 15) is 4.79 Å². The van der Waals surface area contributed by atoms with E-state index in [1.54, 1.807) is 0 Å². The zero-order valence-corrected chi connectivity index (χ0v) is 16.5. The van der Waals surface area contributed by atoms with Crippen LogP contribution < -0.4 is 5.32 Å². The number of likely N-dealkylation sites (N-methyl/N-ethyl adjacent to an activating group) is 1. The van der Waals surface area contributed by atoms with E-state index < -0.39 is 0 Å². The van der Waals surface area contributed by atoms with E-state index in [2.05, 4.69) is 34.0 Å². The van der Waals surface area contributed by atoms with E-state index in [-0.39, 0.29) is 11.9 Å². The molecule has 1 unspecified atom stereocenters. The number of nitrogens with one attached hydrogen (secondary N) is 1. The van der Waals surface area contributed by atoms with Crippen LogP contribution in [-0.4, -0.2) is 35.0 Å². The molecule has 1 amide bonds. The number of nitrogens with zero attached hydrogens (tertiary/aromatic N) is 2. The molecule has 1 N–H and O–H groups in total. The highest BCUT2D eigenvalue weighted by Crippen LogP contribution is 2.34. The highest BCUT2D eigenvalue weighted by atomic mass is 35.5. The van der Waals surface area contributed by atoms with Gasteiger partial charge in [0.1, 0.15) is 6.04 Å². The third kappa shape index (κ3) is 3.25. The van der Waals surface area contributed by atoms with Crippen molar-refractivity contribution in [2.24, 2.45) is 0 Å². The first-order valence-electron chi connectivity index (χ1n) is 9.84. The van der Waals surface area contributed by atoms with E-state index in [1.807, 2.05) is 13.0 Å². The number of fused-ring (bicyclic) bond motifs is 3. The van der Waals surface area contributed by atoms with Crippen LogP contribution >= 0.6 is 11.6 Å². The second-order valence-electron chi connectivity index (χ2n) is 7.96. The van der Waals surface area contributed by atoms with Crippen molar-refractivity contribution in [2.75, 3.05) is 13.6 Å². The fraction of sp³-hybridized carbons (Fsp3) is 0.571. The smallest absolute Gasteiger partial charge is 0.243 e. The van der Waals surface area contributed by atoms with Gasteiger partial charge in [-0.15, -0.1) is 0 Å². The van der Waals surface area contributed by atoms with Crippen molar-refractivity contribution in [1.29, 1.82) is 0 Å². The summed E-state index contributed by atoms with van der Waals surface area (Å²) in [5.41, 5.74) is 3.75. The molecule has 0 bridgehead atoms. The normalized spacial score (nSPS) is 20.1. The van der Waals surface area contributed by atoms with Gasteiger partial charge in [-0.1, -0.05) is 30.9 Å². The molecule has 5 heteroatoms. The van der Waals surface area contributed by atoms with Crippen LogP contribution in [0.15, 0.2) is 18.2 Å². The average molecular weight is 374 g/mol. The molecule has 4 nitrogen and oxygen atoms in total. The molecule has 2 heterocycles. The quantitative estimate of drug-likeness (QED) is 0.871. The molecule has 4 rings (SSSR count). The topological polar surface area (TPSA) is 37.3 Å². The molecule has 1 aliphatic heterocycles. The minimum atomic E-state index is -0.212. The predicted molar refractivity (Wildman–Crippen MR) is 107 cm³/mol. The lowest BCUT2D eigenvalue weighted by molar-refractivity contribution is -0.124. The van der Waals surface area contributed by atoms with Gasteiger partial charge in [0.05, 0.1) is 0 Å². The molecule has 0 spiro atoms. The maximum Gasteiger partial charge on any atom is 0.243 e. The monoisotopic (exact) mass is 373 g/mol. The van der Waals surface area contributed by atoms with Gasteiger partial charge in [0.15, 0.2) is 0 Å². The number of halogens is 1. The zero-order valence-electron chi connectivity index (χ0n) is 15.7. The van der Waals surface area contributed by atoms with Crippen LogP contribution in [0.2, 0.25) is 5.02 Å². The lowest BCUT2D eigenvalue weighted by Gasteiger charge is -2.28. The number of carbonyl (C=O) groups is 1. The van der Waals surface area contributed by atoms with E-state index in [0.717, 1.165) is 42.9 Å². The Kier molecular flexibility index (Phi) is 4.98. The van der Waals surface area contributed by atoms with Crippen molar-refractivity contribution in [2.45, 2.75) is 64.1 Å². The number of carbonyl (C=O) groups excluding carboxylic acids is 1. The predicted octanol–water partition coefficient (Wildman–Crippen LogP) is 4.29. The molecule has 1 atom stereocenters. The van der Waals surface area contributed by atoms with Gasteiger partial charge in [0.2, 0.25) is 5.91 Å². The standard InChI is InChI=1S/C21H28ClN3O/c1-14(21(26)23-16-6-4-3-5-7-16)25-19-9-8-15(22)12-18(19)17-10-11-24(2)13-20(17)25/h8-9,12,14,16H,3-7,10-11,13H2,1-2H3,(H,23,26). The maximum atomic E-state index is 13.0. The molecule has 1 aromatic heterocycles. The van der Waals surface area contributed by atoms with Crippen molar-refractivity contribution in [1.82, 2.24) is 14.8 Å². The molecule has 0 saturated heterocycles. The Hall–Kier alpha value is -1.52. The lowest BCUT2D eigenvalue weighted by atomic mass is 9.95. The minimum Gasteiger partial charge on any atom is -0.352 e.